The number of nitrogens with one attached hydrogen (secondary N) is 1. The fourth-order valence-corrected chi connectivity index (χ4v) is 4.64. The number of methoxy groups -OCH3 is 1. The Kier molecular flexibility index (Phi) is 6.34. The molecule has 3 aromatic rings. The zero-order chi connectivity index (χ0) is 20.9. The summed E-state index contributed by atoms with van der Waals surface area (Å²) in [5.41, 5.74) is 6.51. The fraction of sp³-hybridized carbons (Fsp3) is 0.346. The smallest absolute Gasteiger partial charge is 0.330 e. The van der Waals surface area contributed by atoms with Crippen molar-refractivity contribution in [3.63, 3.8) is 0 Å². The van der Waals surface area contributed by atoms with Gasteiger partial charge in [-0.1, -0.05) is 43.3 Å². The molecule has 1 aliphatic carbocycles. The van der Waals surface area contributed by atoms with E-state index in [9.17, 15) is 4.79 Å². The van der Waals surface area contributed by atoms with Crippen LogP contribution in [0.15, 0.2) is 54.7 Å². The van der Waals surface area contributed by atoms with E-state index < -0.39 is 0 Å². The zero-order valence-electron chi connectivity index (χ0n) is 17.9. The third-order valence-electron chi connectivity index (χ3n) is 6.12. The SMILES string of the molecule is CCCN(CCc1c[nH]c2ccccc12)C1CCc2cc(C=CC(=O)OC)ccc21. The second-order valence-corrected chi connectivity index (χ2v) is 8.01. The number of aromatic nitrogens is 1. The first kappa shape index (κ1) is 20.4. The number of carbonyl (C=O) groups excluding carboxylic acids is 1. The Balaban J connectivity index is 1.49. The molecule has 1 unspecified atom stereocenters. The number of aryl methyl sites for hydroxylation is 1. The Morgan fingerprint density at radius 1 is 1.23 bits per heavy atom. The molecule has 0 saturated carbocycles. The molecule has 0 fully saturated rings. The number of carbonyl (C=O) groups is 1. The van der Waals surface area contributed by atoms with Gasteiger partial charge in [-0.2, -0.15) is 0 Å². The van der Waals surface area contributed by atoms with Crippen LogP contribution in [0.3, 0.4) is 0 Å². The van der Waals surface area contributed by atoms with Gasteiger partial charge < -0.3 is 9.72 Å². The molecule has 0 radical (unpaired) electrons. The number of ether oxygens (including phenoxy) is 1. The largest absolute Gasteiger partial charge is 0.466 e. The highest BCUT2D eigenvalue weighted by molar-refractivity contribution is 5.87. The van der Waals surface area contributed by atoms with Crippen LogP contribution in [-0.4, -0.2) is 36.1 Å². The van der Waals surface area contributed by atoms with Gasteiger partial charge in [-0.3, -0.25) is 4.90 Å². The van der Waals surface area contributed by atoms with Gasteiger partial charge in [-0.05, 0) is 66.6 Å². The lowest BCUT2D eigenvalue weighted by Crippen LogP contribution is -2.30. The molecule has 1 aliphatic rings. The summed E-state index contributed by atoms with van der Waals surface area (Å²) in [6.07, 6.45) is 9.94. The molecule has 0 spiro atoms. The van der Waals surface area contributed by atoms with Crippen LogP contribution < -0.4 is 0 Å². The standard InChI is InChI=1S/C26H30N2O2/c1-3-15-28(16-14-21-18-27-24-7-5-4-6-22(21)24)25-12-10-20-17-19(8-11-23(20)25)9-13-26(29)30-2/h4-9,11,13,17-18,25,27H,3,10,12,14-16H2,1-2H3. The minimum Gasteiger partial charge on any atom is -0.466 e. The summed E-state index contributed by atoms with van der Waals surface area (Å²) in [6, 6.07) is 15.6. The maximum absolute atomic E-state index is 11.4. The lowest BCUT2D eigenvalue weighted by Gasteiger charge is -2.29. The molecule has 4 nitrogen and oxygen atoms in total. The molecule has 0 aliphatic heterocycles. The molecule has 4 heteroatoms. The van der Waals surface area contributed by atoms with Crippen molar-refractivity contribution in [2.24, 2.45) is 0 Å². The number of nitrogens with zero attached hydrogens (tertiary/aromatic N) is 1. The molecular weight excluding hydrogens is 372 g/mol. The molecule has 156 valence electrons. The molecule has 1 aromatic heterocycles. The third-order valence-corrected chi connectivity index (χ3v) is 6.12. The number of para-hydroxylation sites is 1. The summed E-state index contributed by atoms with van der Waals surface area (Å²) in [5, 5.41) is 1.34. The van der Waals surface area contributed by atoms with Crippen molar-refractivity contribution in [1.29, 1.82) is 0 Å². The van der Waals surface area contributed by atoms with Gasteiger partial charge >= 0.3 is 5.97 Å². The zero-order valence-corrected chi connectivity index (χ0v) is 17.9. The quantitative estimate of drug-likeness (QED) is 0.411. The van der Waals surface area contributed by atoms with Crippen LogP contribution in [0.1, 0.15) is 48.1 Å². The molecule has 2 aromatic carbocycles. The molecule has 0 saturated heterocycles. The number of fused-ring (bicyclic) bond motifs is 2. The summed E-state index contributed by atoms with van der Waals surface area (Å²) in [7, 11) is 1.40. The second-order valence-electron chi connectivity index (χ2n) is 8.01. The second kappa shape index (κ2) is 9.31. The molecule has 1 N–H and O–H groups in total. The van der Waals surface area contributed by atoms with E-state index in [-0.39, 0.29) is 5.97 Å². The maximum atomic E-state index is 11.4. The number of hydrogen-bond acceptors (Lipinski definition) is 3. The molecule has 1 heterocycles. The predicted molar refractivity (Wildman–Crippen MR) is 122 cm³/mol. The first-order valence-corrected chi connectivity index (χ1v) is 10.9. The van der Waals surface area contributed by atoms with Crippen LogP contribution in [0, 0.1) is 0 Å². The molecule has 30 heavy (non-hydrogen) atoms. The Bertz CT molecular complexity index is 1050. The third kappa shape index (κ3) is 4.34. The van der Waals surface area contributed by atoms with Crippen LogP contribution in [-0.2, 0) is 22.4 Å². The van der Waals surface area contributed by atoms with E-state index in [0.29, 0.717) is 6.04 Å². The van der Waals surface area contributed by atoms with E-state index in [4.69, 9.17) is 0 Å². The normalized spacial score (nSPS) is 15.9. The molecule has 4 rings (SSSR count). The van der Waals surface area contributed by atoms with Crippen molar-refractivity contribution in [3.05, 3.63) is 77.0 Å². The predicted octanol–water partition coefficient (Wildman–Crippen LogP) is 5.30. The van der Waals surface area contributed by atoms with Crippen molar-refractivity contribution in [3.8, 4) is 0 Å². The highest BCUT2D eigenvalue weighted by Gasteiger charge is 2.27. The monoisotopic (exact) mass is 402 g/mol. The van der Waals surface area contributed by atoms with E-state index in [1.807, 2.05) is 6.08 Å². The highest BCUT2D eigenvalue weighted by Crippen LogP contribution is 2.37. The molecular formula is C26H30N2O2. The van der Waals surface area contributed by atoms with Gasteiger partial charge in [0.2, 0.25) is 0 Å². The minimum absolute atomic E-state index is 0.320. The van der Waals surface area contributed by atoms with E-state index in [2.05, 4.69) is 70.2 Å². The van der Waals surface area contributed by atoms with Gasteiger partial charge in [0, 0.05) is 35.8 Å². The minimum atomic E-state index is -0.320. The van der Waals surface area contributed by atoms with Gasteiger partial charge in [0.25, 0.3) is 0 Å². The molecule has 0 bridgehead atoms. The summed E-state index contributed by atoms with van der Waals surface area (Å²) in [5.74, 6) is -0.320. The molecule has 0 amide bonds. The highest BCUT2D eigenvalue weighted by atomic mass is 16.5. The van der Waals surface area contributed by atoms with Crippen LogP contribution >= 0.6 is 0 Å². The number of hydrogen-bond donors (Lipinski definition) is 1. The van der Waals surface area contributed by atoms with Crippen molar-refractivity contribution >= 4 is 22.9 Å². The fourth-order valence-electron chi connectivity index (χ4n) is 4.64. The lowest BCUT2D eigenvalue weighted by atomic mass is 10.0. The van der Waals surface area contributed by atoms with Gasteiger partial charge in [-0.15, -0.1) is 0 Å². The number of benzene rings is 2. The Labute approximate surface area is 178 Å². The number of rotatable bonds is 8. The van der Waals surface area contributed by atoms with Crippen LogP contribution in [0.2, 0.25) is 0 Å². The lowest BCUT2D eigenvalue weighted by molar-refractivity contribution is -0.134. The van der Waals surface area contributed by atoms with Crippen LogP contribution in [0.4, 0.5) is 0 Å². The van der Waals surface area contributed by atoms with Gasteiger partial charge in [0.05, 0.1) is 7.11 Å². The van der Waals surface area contributed by atoms with E-state index in [1.54, 1.807) is 0 Å². The Morgan fingerprint density at radius 2 is 2.10 bits per heavy atom. The van der Waals surface area contributed by atoms with Crippen LogP contribution in [0.25, 0.3) is 17.0 Å². The summed E-state index contributed by atoms with van der Waals surface area (Å²) < 4.78 is 4.69. The van der Waals surface area contributed by atoms with Crippen molar-refractivity contribution < 1.29 is 9.53 Å². The summed E-state index contributed by atoms with van der Waals surface area (Å²) in [4.78, 5) is 17.4. The van der Waals surface area contributed by atoms with E-state index in [0.717, 1.165) is 44.3 Å². The van der Waals surface area contributed by atoms with Crippen molar-refractivity contribution in [2.75, 3.05) is 20.2 Å². The number of H-pyrrole nitrogens is 1. The number of aromatic amines is 1. The Morgan fingerprint density at radius 3 is 2.93 bits per heavy atom. The molecule has 1 atom stereocenters. The van der Waals surface area contributed by atoms with Crippen molar-refractivity contribution in [2.45, 2.75) is 38.6 Å². The van der Waals surface area contributed by atoms with E-state index >= 15 is 0 Å². The van der Waals surface area contributed by atoms with E-state index in [1.165, 1.54) is 40.8 Å². The van der Waals surface area contributed by atoms with Gasteiger partial charge in [0.15, 0.2) is 0 Å². The van der Waals surface area contributed by atoms with Crippen molar-refractivity contribution in [1.82, 2.24) is 9.88 Å². The summed E-state index contributed by atoms with van der Waals surface area (Å²) >= 11 is 0. The topological polar surface area (TPSA) is 45.3 Å². The first-order valence-electron chi connectivity index (χ1n) is 10.9. The Hall–Kier alpha value is -2.85. The summed E-state index contributed by atoms with van der Waals surface area (Å²) in [6.45, 7) is 4.43. The average molecular weight is 403 g/mol. The maximum Gasteiger partial charge on any atom is 0.330 e. The number of esters is 1. The van der Waals surface area contributed by atoms with Gasteiger partial charge in [0.1, 0.15) is 0 Å². The van der Waals surface area contributed by atoms with Crippen LogP contribution in [0.5, 0.6) is 0 Å². The average Bonchev–Trinajstić information content (AvgIpc) is 3.39. The first-order chi connectivity index (χ1) is 14.7. The van der Waals surface area contributed by atoms with Gasteiger partial charge in [-0.25, -0.2) is 4.79 Å².